The van der Waals surface area contributed by atoms with Crippen LogP contribution in [0.25, 0.3) is 11.6 Å². The Kier molecular flexibility index (Phi) is 3.64. The van der Waals surface area contributed by atoms with Crippen LogP contribution in [0.2, 0.25) is 0 Å². The van der Waals surface area contributed by atoms with Gasteiger partial charge in [0.1, 0.15) is 0 Å². The molecule has 0 spiro atoms. The summed E-state index contributed by atoms with van der Waals surface area (Å²) >= 11 is 0. The van der Waals surface area contributed by atoms with Gasteiger partial charge in [-0.15, -0.1) is 0 Å². The number of aliphatic hydroxyl groups is 1. The summed E-state index contributed by atoms with van der Waals surface area (Å²) in [6, 6.07) is 1.83. The largest absolute Gasteiger partial charge is 0.390 e. The van der Waals surface area contributed by atoms with Crippen molar-refractivity contribution in [2.45, 2.75) is 63.4 Å². The summed E-state index contributed by atoms with van der Waals surface area (Å²) in [6.07, 6.45) is 9.24. The summed E-state index contributed by atoms with van der Waals surface area (Å²) in [7, 11) is 0. The molecular formula is C17H22N4O2. The Morgan fingerprint density at radius 3 is 2.65 bits per heavy atom. The van der Waals surface area contributed by atoms with Gasteiger partial charge in [0.05, 0.1) is 5.60 Å². The topological polar surface area (TPSA) is 84.9 Å². The third kappa shape index (κ3) is 2.76. The number of hydrogen-bond donors (Lipinski definition) is 1. The van der Waals surface area contributed by atoms with Gasteiger partial charge in [-0.3, -0.25) is 0 Å². The zero-order valence-corrected chi connectivity index (χ0v) is 13.4. The summed E-state index contributed by atoms with van der Waals surface area (Å²) < 4.78 is 5.39. The van der Waals surface area contributed by atoms with Crippen LogP contribution in [-0.4, -0.2) is 30.8 Å². The predicted molar refractivity (Wildman–Crippen MR) is 83.6 cm³/mol. The first-order chi connectivity index (χ1) is 11.1. The molecule has 2 aromatic heterocycles. The van der Waals surface area contributed by atoms with Crippen molar-refractivity contribution >= 4 is 0 Å². The van der Waals surface area contributed by atoms with Crippen LogP contribution in [0, 0.1) is 12.8 Å². The van der Waals surface area contributed by atoms with E-state index in [-0.39, 0.29) is 5.92 Å². The molecule has 2 aliphatic carbocycles. The van der Waals surface area contributed by atoms with Crippen molar-refractivity contribution in [3.8, 4) is 11.6 Å². The zero-order chi connectivity index (χ0) is 15.9. The average Bonchev–Trinajstić information content (AvgIpc) is 3.02. The van der Waals surface area contributed by atoms with Crippen LogP contribution >= 0.6 is 0 Å². The summed E-state index contributed by atoms with van der Waals surface area (Å²) in [5.74, 6) is 2.12. The van der Waals surface area contributed by atoms with E-state index in [1.54, 1.807) is 6.20 Å². The number of rotatable bonds is 3. The molecule has 0 amide bonds. The fourth-order valence-electron chi connectivity index (χ4n) is 3.99. The van der Waals surface area contributed by atoms with Gasteiger partial charge in [0, 0.05) is 17.8 Å². The monoisotopic (exact) mass is 314 g/mol. The van der Waals surface area contributed by atoms with E-state index < -0.39 is 5.60 Å². The molecule has 0 atom stereocenters. The van der Waals surface area contributed by atoms with E-state index in [0.29, 0.717) is 23.5 Å². The number of hydrogen-bond acceptors (Lipinski definition) is 6. The van der Waals surface area contributed by atoms with Crippen molar-refractivity contribution in [1.29, 1.82) is 0 Å². The smallest absolute Gasteiger partial charge is 0.240 e. The Bertz CT molecular complexity index is 687. The Morgan fingerprint density at radius 2 is 1.91 bits per heavy atom. The second-order valence-corrected chi connectivity index (χ2v) is 7.02. The van der Waals surface area contributed by atoms with Gasteiger partial charge in [-0.25, -0.2) is 9.97 Å². The lowest BCUT2D eigenvalue weighted by atomic mass is 9.61. The fourth-order valence-corrected chi connectivity index (χ4v) is 3.99. The predicted octanol–water partition coefficient (Wildman–Crippen LogP) is 3.02. The minimum Gasteiger partial charge on any atom is -0.390 e. The summed E-state index contributed by atoms with van der Waals surface area (Å²) in [5.41, 5.74) is 0.344. The normalized spacial score (nSPS) is 28.5. The van der Waals surface area contributed by atoms with Gasteiger partial charge < -0.3 is 9.63 Å². The highest BCUT2D eigenvalue weighted by Gasteiger charge is 2.50. The first-order valence-corrected chi connectivity index (χ1v) is 8.50. The first-order valence-electron chi connectivity index (χ1n) is 8.50. The van der Waals surface area contributed by atoms with Crippen molar-refractivity contribution in [3.05, 3.63) is 23.8 Å². The highest BCUT2D eigenvalue weighted by Crippen LogP contribution is 2.51. The van der Waals surface area contributed by atoms with Crippen molar-refractivity contribution in [2.75, 3.05) is 0 Å². The highest BCUT2D eigenvalue weighted by atomic mass is 16.5. The van der Waals surface area contributed by atoms with Crippen LogP contribution in [-0.2, 0) is 0 Å². The Balaban J connectivity index is 1.45. The zero-order valence-electron chi connectivity index (χ0n) is 13.4. The summed E-state index contributed by atoms with van der Waals surface area (Å²) in [6.45, 7) is 1.91. The van der Waals surface area contributed by atoms with Gasteiger partial charge in [-0.2, -0.15) is 4.98 Å². The number of nitrogens with zero attached hydrogens (tertiary/aromatic N) is 4. The highest BCUT2D eigenvalue weighted by molar-refractivity contribution is 5.41. The average molecular weight is 314 g/mol. The van der Waals surface area contributed by atoms with Gasteiger partial charge in [-0.1, -0.05) is 24.4 Å². The first kappa shape index (κ1) is 14.8. The minimum absolute atomic E-state index is 0.160. The van der Waals surface area contributed by atoms with E-state index in [0.717, 1.165) is 31.4 Å². The molecule has 2 aromatic rings. The maximum Gasteiger partial charge on any atom is 0.240 e. The minimum atomic E-state index is -0.528. The van der Waals surface area contributed by atoms with E-state index in [2.05, 4.69) is 20.1 Å². The molecule has 23 heavy (non-hydrogen) atoms. The molecule has 0 aromatic carbocycles. The van der Waals surface area contributed by atoms with Gasteiger partial charge in [0.2, 0.25) is 17.5 Å². The second-order valence-electron chi connectivity index (χ2n) is 7.02. The van der Waals surface area contributed by atoms with Crippen LogP contribution in [0.1, 0.15) is 62.4 Å². The van der Waals surface area contributed by atoms with E-state index >= 15 is 0 Å². The number of aromatic nitrogens is 4. The van der Waals surface area contributed by atoms with Crippen LogP contribution in [0.5, 0.6) is 0 Å². The van der Waals surface area contributed by atoms with Crippen molar-refractivity contribution in [2.24, 2.45) is 5.92 Å². The van der Waals surface area contributed by atoms with E-state index in [1.807, 2.05) is 13.0 Å². The second kappa shape index (κ2) is 5.67. The van der Waals surface area contributed by atoms with Crippen LogP contribution < -0.4 is 0 Å². The lowest BCUT2D eigenvalue weighted by Crippen LogP contribution is -2.49. The molecule has 0 unspecified atom stereocenters. The van der Waals surface area contributed by atoms with Crippen molar-refractivity contribution in [1.82, 2.24) is 20.1 Å². The standard InChI is InChI=1S/C17H22N4O2/c1-11-7-8-18-14(19-11)15-20-16(23-21-15)12-9-17(22,10-12)13-5-3-2-4-6-13/h7-8,12-13,22H,2-6,9-10H2,1H3. The molecule has 0 aliphatic heterocycles. The molecule has 122 valence electrons. The number of aryl methyl sites for hydroxylation is 1. The molecule has 0 bridgehead atoms. The van der Waals surface area contributed by atoms with E-state index in [9.17, 15) is 5.11 Å². The molecule has 6 nitrogen and oxygen atoms in total. The van der Waals surface area contributed by atoms with Gasteiger partial charge >= 0.3 is 0 Å². The van der Waals surface area contributed by atoms with Crippen LogP contribution in [0.3, 0.4) is 0 Å². The lowest BCUT2D eigenvalue weighted by Gasteiger charge is -2.48. The summed E-state index contributed by atoms with van der Waals surface area (Å²) in [5, 5.41) is 14.8. The maximum atomic E-state index is 10.8. The molecule has 0 radical (unpaired) electrons. The van der Waals surface area contributed by atoms with Crippen molar-refractivity contribution in [3.63, 3.8) is 0 Å². The van der Waals surface area contributed by atoms with Crippen molar-refractivity contribution < 1.29 is 9.63 Å². The van der Waals surface area contributed by atoms with Crippen LogP contribution in [0.4, 0.5) is 0 Å². The Morgan fingerprint density at radius 1 is 1.13 bits per heavy atom. The Hall–Kier alpha value is -1.82. The van der Waals surface area contributed by atoms with E-state index in [4.69, 9.17) is 4.52 Å². The molecule has 2 heterocycles. The van der Waals surface area contributed by atoms with E-state index in [1.165, 1.54) is 19.3 Å². The molecule has 6 heteroatoms. The SMILES string of the molecule is Cc1ccnc(-c2noc(C3CC(O)(C4CCCCC4)C3)n2)n1. The van der Waals surface area contributed by atoms with Crippen LogP contribution in [0.15, 0.2) is 16.8 Å². The third-order valence-electron chi connectivity index (χ3n) is 5.35. The summed E-state index contributed by atoms with van der Waals surface area (Å²) in [4.78, 5) is 12.9. The quantitative estimate of drug-likeness (QED) is 0.937. The molecule has 2 saturated carbocycles. The van der Waals surface area contributed by atoms with Gasteiger partial charge in [-0.05, 0) is 44.6 Å². The molecule has 1 N–H and O–H groups in total. The molecule has 2 aliphatic rings. The molecule has 2 fully saturated rings. The molecule has 0 saturated heterocycles. The third-order valence-corrected chi connectivity index (χ3v) is 5.35. The van der Waals surface area contributed by atoms with Gasteiger partial charge in [0.25, 0.3) is 0 Å². The molecular weight excluding hydrogens is 292 g/mol. The van der Waals surface area contributed by atoms with Gasteiger partial charge in [0.15, 0.2) is 0 Å². The lowest BCUT2D eigenvalue weighted by molar-refractivity contribution is -0.111. The Labute approximate surface area is 135 Å². The maximum absolute atomic E-state index is 10.8. The fraction of sp³-hybridized carbons (Fsp3) is 0.647. The molecule has 4 rings (SSSR count).